The van der Waals surface area contributed by atoms with Gasteiger partial charge in [0.1, 0.15) is 0 Å². The second-order valence-electron chi connectivity index (χ2n) is 5.56. The van der Waals surface area contributed by atoms with Gasteiger partial charge in [-0.1, -0.05) is 13.0 Å². The summed E-state index contributed by atoms with van der Waals surface area (Å²) in [7, 11) is 1.54. The van der Waals surface area contributed by atoms with Gasteiger partial charge < -0.3 is 25.0 Å². The molecule has 23 heavy (non-hydrogen) atoms. The van der Waals surface area contributed by atoms with Crippen LogP contribution in [-0.4, -0.2) is 42.1 Å². The minimum atomic E-state index is -0.561. The van der Waals surface area contributed by atoms with E-state index in [-0.39, 0.29) is 12.6 Å². The molecule has 0 aliphatic rings. The zero-order chi connectivity index (χ0) is 16.7. The first kappa shape index (κ1) is 17.3. The lowest BCUT2D eigenvalue weighted by Crippen LogP contribution is -2.32. The van der Waals surface area contributed by atoms with Gasteiger partial charge in [0.15, 0.2) is 0 Å². The summed E-state index contributed by atoms with van der Waals surface area (Å²) in [5.41, 5.74) is 1.86. The van der Waals surface area contributed by atoms with Gasteiger partial charge in [-0.15, -0.1) is 0 Å². The molecule has 0 fully saturated rings. The highest BCUT2D eigenvalue weighted by Crippen LogP contribution is 2.20. The molecule has 2 rings (SSSR count). The number of aliphatic hydroxyl groups is 1. The number of hydrogen-bond acceptors (Lipinski definition) is 3. The van der Waals surface area contributed by atoms with Crippen molar-refractivity contribution in [1.82, 2.24) is 9.88 Å². The Balaban J connectivity index is 1.90. The molecule has 0 saturated carbocycles. The van der Waals surface area contributed by atoms with Crippen LogP contribution in [0.3, 0.4) is 0 Å². The van der Waals surface area contributed by atoms with E-state index in [2.05, 4.69) is 34.4 Å². The molecule has 126 valence electrons. The van der Waals surface area contributed by atoms with Crippen molar-refractivity contribution in [1.29, 1.82) is 0 Å². The number of urea groups is 1. The maximum atomic E-state index is 11.9. The van der Waals surface area contributed by atoms with Crippen LogP contribution in [0, 0.1) is 0 Å². The number of carbonyl (C=O) groups is 1. The van der Waals surface area contributed by atoms with E-state index in [1.54, 1.807) is 0 Å². The second-order valence-corrected chi connectivity index (χ2v) is 5.56. The van der Waals surface area contributed by atoms with Gasteiger partial charge in [-0.25, -0.2) is 4.79 Å². The van der Waals surface area contributed by atoms with Gasteiger partial charge in [0.05, 0.1) is 18.2 Å². The van der Waals surface area contributed by atoms with Gasteiger partial charge in [0, 0.05) is 32.1 Å². The number of aliphatic hydroxyl groups excluding tert-OH is 1. The van der Waals surface area contributed by atoms with E-state index in [1.807, 2.05) is 18.2 Å². The normalized spacial score (nSPS) is 12.3. The summed E-state index contributed by atoms with van der Waals surface area (Å²) in [6.07, 6.45) is 3.02. The largest absolute Gasteiger partial charge is 0.391 e. The molecule has 2 amide bonds. The molecule has 1 atom stereocenters. The summed E-state index contributed by atoms with van der Waals surface area (Å²) in [6.45, 7) is 3.76. The number of fused-ring (bicyclic) bond motifs is 1. The monoisotopic (exact) mass is 319 g/mol. The van der Waals surface area contributed by atoms with E-state index >= 15 is 0 Å². The van der Waals surface area contributed by atoms with E-state index in [9.17, 15) is 9.90 Å². The van der Waals surface area contributed by atoms with Crippen LogP contribution in [-0.2, 0) is 11.3 Å². The van der Waals surface area contributed by atoms with Gasteiger partial charge in [0.2, 0.25) is 0 Å². The maximum Gasteiger partial charge on any atom is 0.319 e. The Bertz CT molecular complexity index is 639. The molecular weight excluding hydrogens is 294 g/mol. The predicted molar refractivity (Wildman–Crippen MR) is 91.8 cm³/mol. The van der Waals surface area contributed by atoms with Crippen LogP contribution in [0.25, 0.3) is 10.9 Å². The second kappa shape index (κ2) is 8.55. The van der Waals surface area contributed by atoms with E-state index < -0.39 is 6.10 Å². The van der Waals surface area contributed by atoms with Crippen molar-refractivity contribution in [2.45, 2.75) is 32.4 Å². The molecule has 1 heterocycles. The van der Waals surface area contributed by atoms with E-state index in [0.717, 1.165) is 29.6 Å². The number of nitrogens with one attached hydrogen (secondary N) is 2. The fraction of sp³-hybridized carbons (Fsp3) is 0.471. The molecule has 6 heteroatoms. The Morgan fingerprint density at radius 3 is 2.96 bits per heavy atom. The van der Waals surface area contributed by atoms with Gasteiger partial charge in [0.25, 0.3) is 0 Å². The first-order valence-electron chi connectivity index (χ1n) is 7.94. The van der Waals surface area contributed by atoms with Crippen LogP contribution in [0.1, 0.15) is 19.8 Å². The Kier molecular flexibility index (Phi) is 6.43. The van der Waals surface area contributed by atoms with Crippen LogP contribution in [0.2, 0.25) is 0 Å². The number of rotatable bonds is 8. The SMILES string of the molecule is CCCn1ccc2ccc(NC(=O)NCCC(O)COC)cc21. The molecule has 0 radical (unpaired) electrons. The van der Waals surface area contributed by atoms with Crippen LogP contribution in [0.15, 0.2) is 30.5 Å². The fourth-order valence-corrected chi connectivity index (χ4v) is 2.50. The zero-order valence-electron chi connectivity index (χ0n) is 13.7. The molecule has 1 aromatic heterocycles. The van der Waals surface area contributed by atoms with Crippen molar-refractivity contribution in [3.05, 3.63) is 30.5 Å². The summed E-state index contributed by atoms with van der Waals surface area (Å²) >= 11 is 0. The lowest BCUT2D eigenvalue weighted by molar-refractivity contribution is 0.0599. The molecule has 0 spiro atoms. The number of carbonyl (C=O) groups excluding carboxylic acids is 1. The molecule has 0 aliphatic heterocycles. The average Bonchev–Trinajstić information content (AvgIpc) is 2.90. The number of methoxy groups -OCH3 is 1. The minimum Gasteiger partial charge on any atom is -0.391 e. The highest BCUT2D eigenvalue weighted by Gasteiger charge is 2.07. The van der Waals surface area contributed by atoms with E-state index in [0.29, 0.717) is 13.0 Å². The van der Waals surface area contributed by atoms with Crippen molar-refractivity contribution in [2.24, 2.45) is 0 Å². The Morgan fingerprint density at radius 1 is 1.39 bits per heavy atom. The molecular formula is C17H25N3O3. The maximum absolute atomic E-state index is 11.9. The first-order valence-corrected chi connectivity index (χ1v) is 7.94. The standard InChI is InChI=1S/C17H25N3O3/c1-3-9-20-10-7-13-4-5-14(11-16(13)20)19-17(22)18-8-6-15(21)12-23-2/h4-5,7,10-11,15,21H,3,6,8-9,12H2,1-2H3,(H2,18,19,22). The molecule has 0 bridgehead atoms. The predicted octanol–water partition coefficient (Wildman–Crippen LogP) is 2.57. The summed E-state index contributed by atoms with van der Waals surface area (Å²) in [5.74, 6) is 0. The fourth-order valence-electron chi connectivity index (χ4n) is 2.50. The number of hydrogen-bond donors (Lipinski definition) is 3. The molecule has 0 aliphatic carbocycles. The lowest BCUT2D eigenvalue weighted by atomic mass is 10.2. The summed E-state index contributed by atoms with van der Waals surface area (Å²) in [6, 6.07) is 7.66. The third-order valence-corrected chi connectivity index (χ3v) is 3.62. The van der Waals surface area contributed by atoms with Gasteiger partial charge in [-0.05, 0) is 36.4 Å². The zero-order valence-corrected chi connectivity index (χ0v) is 13.7. The van der Waals surface area contributed by atoms with E-state index in [1.165, 1.54) is 7.11 Å². The lowest BCUT2D eigenvalue weighted by Gasteiger charge is -2.11. The summed E-state index contributed by atoms with van der Waals surface area (Å²) in [4.78, 5) is 11.9. The van der Waals surface area contributed by atoms with Crippen LogP contribution in [0.5, 0.6) is 0 Å². The van der Waals surface area contributed by atoms with Crippen molar-refractivity contribution in [2.75, 3.05) is 25.6 Å². The molecule has 1 unspecified atom stereocenters. The molecule has 0 saturated heterocycles. The third-order valence-electron chi connectivity index (χ3n) is 3.62. The van der Waals surface area contributed by atoms with Crippen molar-refractivity contribution >= 4 is 22.6 Å². The number of aromatic nitrogens is 1. The van der Waals surface area contributed by atoms with Crippen LogP contribution in [0.4, 0.5) is 10.5 Å². The topological polar surface area (TPSA) is 75.5 Å². The highest BCUT2D eigenvalue weighted by molar-refractivity contribution is 5.92. The quantitative estimate of drug-likeness (QED) is 0.700. The Hall–Kier alpha value is -2.05. The van der Waals surface area contributed by atoms with Gasteiger partial charge >= 0.3 is 6.03 Å². The summed E-state index contributed by atoms with van der Waals surface area (Å²) < 4.78 is 7.02. The first-order chi connectivity index (χ1) is 11.1. The molecule has 2 aromatic rings. The number of ether oxygens (including phenoxy) is 1. The number of benzene rings is 1. The smallest absolute Gasteiger partial charge is 0.319 e. The van der Waals surface area contributed by atoms with Crippen molar-refractivity contribution in [3.8, 4) is 0 Å². The molecule has 3 N–H and O–H groups in total. The number of amides is 2. The number of nitrogens with zero attached hydrogens (tertiary/aromatic N) is 1. The third kappa shape index (κ3) is 4.97. The number of aryl methyl sites for hydroxylation is 1. The average molecular weight is 319 g/mol. The number of anilines is 1. The Morgan fingerprint density at radius 2 is 2.22 bits per heavy atom. The summed E-state index contributed by atoms with van der Waals surface area (Å²) in [5, 5.41) is 16.2. The Labute approximate surface area is 136 Å². The minimum absolute atomic E-state index is 0.272. The van der Waals surface area contributed by atoms with Crippen molar-refractivity contribution < 1.29 is 14.6 Å². The van der Waals surface area contributed by atoms with Gasteiger partial charge in [-0.3, -0.25) is 0 Å². The van der Waals surface area contributed by atoms with Crippen LogP contribution >= 0.6 is 0 Å². The van der Waals surface area contributed by atoms with Crippen molar-refractivity contribution in [3.63, 3.8) is 0 Å². The van der Waals surface area contributed by atoms with Crippen LogP contribution < -0.4 is 10.6 Å². The van der Waals surface area contributed by atoms with Gasteiger partial charge in [-0.2, -0.15) is 0 Å². The van der Waals surface area contributed by atoms with E-state index in [4.69, 9.17) is 4.74 Å². The molecule has 6 nitrogen and oxygen atoms in total. The highest BCUT2D eigenvalue weighted by atomic mass is 16.5. The molecule has 1 aromatic carbocycles.